The third-order valence-electron chi connectivity index (χ3n) is 9.24. The lowest BCUT2D eigenvalue weighted by Gasteiger charge is -2.33. The van der Waals surface area contributed by atoms with Crippen LogP contribution in [-0.4, -0.2) is 68.3 Å². The smallest absolute Gasteiger partial charge is 0.311 e. The van der Waals surface area contributed by atoms with E-state index >= 15 is 0 Å². The molecule has 0 saturated heterocycles. The van der Waals surface area contributed by atoms with Gasteiger partial charge in [0, 0.05) is 31.1 Å². The first kappa shape index (κ1) is 46.5. The summed E-state index contributed by atoms with van der Waals surface area (Å²) in [6.45, 7) is 12.1. The number of phenols is 2. The van der Waals surface area contributed by atoms with Crippen molar-refractivity contribution in [1.82, 2.24) is 0 Å². The average Bonchev–Trinajstić information content (AvgIpc) is 3.09. The monoisotopic (exact) mass is 788 g/mol. The molecule has 0 radical (unpaired) electrons. The molecule has 0 unspecified atom stereocenters. The maximum atomic E-state index is 12.6. The molecule has 13 heteroatoms. The Morgan fingerprint density at radius 1 is 0.574 bits per heavy atom. The Balaban J connectivity index is 1.56. The Labute approximate surface area is 324 Å². The van der Waals surface area contributed by atoms with Crippen molar-refractivity contribution in [2.75, 3.05) is 12.5 Å². The van der Waals surface area contributed by atoms with Crippen molar-refractivity contribution in [2.45, 2.75) is 148 Å². The van der Waals surface area contributed by atoms with Crippen LogP contribution in [0.1, 0.15) is 128 Å². The number of carboxylic acid groups (broad SMARTS) is 1. The largest absolute Gasteiger partial charge is 0.508 e. The number of rotatable bonds is 27. The number of ether oxygens (including phenoxy) is 3. The molecule has 0 fully saturated rings. The predicted molar refractivity (Wildman–Crippen MR) is 213 cm³/mol. The van der Waals surface area contributed by atoms with Gasteiger partial charge in [0.1, 0.15) is 18.2 Å². The fourth-order valence-corrected chi connectivity index (χ4v) is 13.6. The molecule has 0 saturated carbocycles. The molecule has 3 N–H and O–H groups in total. The minimum Gasteiger partial charge on any atom is -0.508 e. The van der Waals surface area contributed by atoms with Gasteiger partial charge in [-0.3, -0.25) is 19.2 Å². The van der Waals surface area contributed by atoms with Gasteiger partial charge in [-0.1, -0.05) is 83.4 Å². The normalized spacial score (nSPS) is 12.0. The van der Waals surface area contributed by atoms with Gasteiger partial charge in [-0.05, 0) is 87.3 Å². The summed E-state index contributed by atoms with van der Waals surface area (Å²) in [7, 11) is -4.65. The zero-order valence-electron chi connectivity index (χ0n) is 33.4. The van der Waals surface area contributed by atoms with Gasteiger partial charge in [0.2, 0.25) is 16.6 Å². The summed E-state index contributed by atoms with van der Waals surface area (Å²) in [5, 5.41) is 28.6. The first-order chi connectivity index (χ1) is 25.4. The van der Waals surface area contributed by atoms with Crippen LogP contribution in [0, 0.1) is 0 Å². The number of unbranched alkanes of at least 4 members (excludes halogenated alkanes) is 10. The first-order valence-electron chi connectivity index (χ1n) is 19.5. The van der Waals surface area contributed by atoms with E-state index in [1.54, 1.807) is 24.3 Å². The van der Waals surface area contributed by atoms with Gasteiger partial charge < -0.3 is 33.6 Å². The molecular weight excluding hydrogens is 725 g/mol. The number of esters is 3. The Hall–Kier alpha value is -3.69. The van der Waals surface area contributed by atoms with Crippen LogP contribution in [-0.2, 0) is 38.2 Å². The highest BCUT2D eigenvalue weighted by atomic mass is 28.4. The molecule has 11 nitrogen and oxygen atoms in total. The van der Waals surface area contributed by atoms with Crippen LogP contribution >= 0.6 is 0 Å². The van der Waals surface area contributed by atoms with Crippen molar-refractivity contribution in [3.05, 3.63) is 53.6 Å². The minimum absolute atomic E-state index is 0.0994. The molecule has 2 rings (SSSR count). The number of aliphatic carboxylic acids is 1. The van der Waals surface area contributed by atoms with E-state index in [-0.39, 0.29) is 54.5 Å². The van der Waals surface area contributed by atoms with Gasteiger partial charge in [0.15, 0.2) is 11.5 Å². The molecule has 0 aromatic heterocycles. The molecular formula is C41H64O11Si2. The molecule has 0 aliphatic rings. The van der Waals surface area contributed by atoms with Crippen molar-refractivity contribution < 1.29 is 52.8 Å². The molecule has 0 bridgehead atoms. The van der Waals surface area contributed by atoms with Gasteiger partial charge in [0.25, 0.3) is 0 Å². The van der Waals surface area contributed by atoms with Crippen LogP contribution in [0.25, 0.3) is 0 Å². The second-order valence-corrected chi connectivity index (χ2v) is 24.3. The van der Waals surface area contributed by atoms with Crippen molar-refractivity contribution in [2.24, 2.45) is 0 Å². The number of carboxylic acids is 1. The first-order valence-corrected chi connectivity index (χ1v) is 25.7. The van der Waals surface area contributed by atoms with Crippen molar-refractivity contribution in [1.29, 1.82) is 0 Å². The molecule has 2 aromatic rings. The maximum Gasteiger partial charge on any atom is 0.311 e. The van der Waals surface area contributed by atoms with E-state index in [0.29, 0.717) is 25.7 Å². The van der Waals surface area contributed by atoms with E-state index < -0.39 is 34.0 Å². The number of carbonyl (C=O) groups is 4. The number of benzene rings is 2. The highest BCUT2D eigenvalue weighted by Gasteiger charge is 2.35. The van der Waals surface area contributed by atoms with Crippen LogP contribution in [0.5, 0.6) is 17.2 Å². The predicted octanol–water partition coefficient (Wildman–Crippen LogP) is 9.25. The number of aromatic hydroxyl groups is 2. The zero-order chi connectivity index (χ0) is 40.2. The van der Waals surface area contributed by atoms with Crippen molar-refractivity contribution in [3.8, 4) is 17.2 Å². The lowest BCUT2D eigenvalue weighted by atomic mass is 9.78. The topological polar surface area (TPSA) is 166 Å². The molecule has 0 spiro atoms. The molecule has 0 aliphatic carbocycles. The second kappa shape index (κ2) is 23.3. The molecule has 0 heterocycles. The summed E-state index contributed by atoms with van der Waals surface area (Å²) in [5.41, 5.74) is 1.39. The molecule has 0 atom stereocenters. The van der Waals surface area contributed by atoms with Crippen LogP contribution in [0.3, 0.4) is 0 Å². The van der Waals surface area contributed by atoms with Gasteiger partial charge in [-0.2, -0.15) is 0 Å². The Kier molecular flexibility index (Phi) is 20.0. The fourth-order valence-electron chi connectivity index (χ4n) is 6.16. The average molecular weight is 789 g/mol. The van der Waals surface area contributed by atoms with E-state index in [9.17, 15) is 29.4 Å². The standard InChI is InChI=1S/C41H64O11Si2/c1-41(2,32-23-26-34(42)27-24-32)33-25-28-35(43)36(29-33)51-40(48)22-18-14-10-9-13-17-21-39(47)50-31-54(5,6)52-53(3,4)30-49-38(46)20-16-12-8-7-11-15-19-37(44)45/h23-29,42-43H,7-22,30-31H2,1-6H3,(H,44,45). The lowest BCUT2D eigenvalue weighted by Crippen LogP contribution is -2.51. The summed E-state index contributed by atoms with van der Waals surface area (Å²) in [4.78, 5) is 47.8. The molecule has 0 aliphatic heterocycles. The van der Waals surface area contributed by atoms with Crippen LogP contribution in [0.2, 0.25) is 26.2 Å². The second-order valence-electron chi connectivity index (χ2n) is 15.9. The number of hydrogen-bond donors (Lipinski definition) is 3. The summed E-state index contributed by atoms with van der Waals surface area (Å²) >= 11 is 0. The zero-order valence-corrected chi connectivity index (χ0v) is 35.4. The SMILES string of the molecule is CC(C)(c1ccc(O)cc1)c1ccc(O)c(OC(=O)CCCCCCCCC(=O)OC[Si](C)(C)O[Si](C)(C)COC(=O)CCCCCCCCC(=O)O)c1. The van der Waals surface area contributed by atoms with Crippen LogP contribution in [0.15, 0.2) is 42.5 Å². The third-order valence-corrected chi connectivity index (χ3v) is 15.3. The van der Waals surface area contributed by atoms with Gasteiger partial charge in [0.05, 0.1) is 0 Å². The van der Waals surface area contributed by atoms with Crippen LogP contribution < -0.4 is 4.74 Å². The molecule has 302 valence electrons. The lowest BCUT2D eigenvalue weighted by molar-refractivity contribution is -0.142. The minimum atomic E-state index is -2.33. The van der Waals surface area contributed by atoms with Gasteiger partial charge >= 0.3 is 23.9 Å². The quantitative estimate of drug-likeness (QED) is 0.0342. The molecule has 0 amide bonds. The van der Waals surface area contributed by atoms with Gasteiger partial charge in [-0.15, -0.1) is 0 Å². The van der Waals surface area contributed by atoms with Crippen LogP contribution in [0.4, 0.5) is 0 Å². The fraction of sp³-hybridized carbons (Fsp3) is 0.610. The highest BCUT2D eigenvalue weighted by molar-refractivity contribution is 6.84. The number of phenolic OH excluding ortho intramolecular Hbond substituents is 2. The highest BCUT2D eigenvalue weighted by Crippen LogP contribution is 2.37. The van der Waals surface area contributed by atoms with E-state index in [1.165, 1.54) is 6.07 Å². The van der Waals surface area contributed by atoms with E-state index in [1.807, 2.05) is 52.2 Å². The van der Waals surface area contributed by atoms with E-state index in [0.717, 1.165) is 75.3 Å². The summed E-state index contributed by atoms with van der Waals surface area (Å²) in [6.07, 6.45) is 11.8. The molecule has 2 aromatic carbocycles. The van der Waals surface area contributed by atoms with Crippen molar-refractivity contribution >= 4 is 40.5 Å². The Bertz CT molecular complexity index is 1470. The third kappa shape index (κ3) is 19.1. The van der Waals surface area contributed by atoms with Gasteiger partial charge in [-0.25, -0.2) is 0 Å². The summed E-state index contributed by atoms with van der Waals surface area (Å²) in [5.74, 6) is -1.42. The summed E-state index contributed by atoms with van der Waals surface area (Å²) in [6, 6.07) is 12.0. The molecule has 54 heavy (non-hydrogen) atoms. The van der Waals surface area contributed by atoms with E-state index in [4.69, 9.17) is 23.4 Å². The number of carbonyl (C=O) groups excluding carboxylic acids is 3. The maximum absolute atomic E-state index is 12.6. The summed E-state index contributed by atoms with van der Waals surface area (Å²) < 4.78 is 23.1. The Morgan fingerprint density at radius 3 is 1.44 bits per heavy atom. The Morgan fingerprint density at radius 2 is 0.981 bits per heavy atom. The van der Waals surface area contributed by atoms with Crippen molar-refractivity contribution in [3.63, 3.8) is 0 Å². The number of hydrogen-bond acceptors (Lipinski definition) is 10. The van der Waals surface area contributed by atoms with E-state index in [2.05, 4.69) is 0 Å².